The lowest BCUT2D eigenvalue weighted by molar-refractivity contribution is -0.118. The van der Waals surface area contributed by atoms with E-state index in [-0.39, 0.29) is 11.9 Å². The van der Waals surface area contributed by atoms with Gasteiger partial charge in [0.15, 0.2) is 0 Å². The molecule has 3 heteroatoms. The van der Waals surface area contributed by atoms with Gasteiger partial charge in [-0.3, -0.25) is 4.79 Å². The number of para-hydroxylation sites is 1. The van der Waals surface area contributed by atoms with Gasteiger partial charge in [-0.15, -0.1) is 0 Å². The van der Waals surface area contributed by atoms with Gasteiger partial charge in [0, 0.05) is 30.2 Å². The topological polar surface area (TPSA) is 32.3 Å². The maximum atomic E-state index is 12.4. The summed E-state index contributed by atoms with van der Waals surface area (Å²) in [7, 11) is 0. The molecule has 1 aromatic carbocycles. The number of amides is 1. The van der Waals surface area contributed by atoms with Crippen LogP contribution in [0, 0.1) is 11.8 Å². The summed E-state index contributed by atoms with van der Waals surface area (Å²) >= 11 is 0. The monoisotopic (exact) mass is 342 g/mol. The third-order valence-electron chi connectivity index (χ3n) is 6.31. The highest BCUT2D eigenvalue weighted by atomic mass is 16.2. The second-order valence-corrected chi connectivity index (χ2v) is 8.34. The first-order valence-electron chi connectivity index (χ1n) is 10.2. The van der Waals surface area contributed by atoms with Crippen molar-refractivity contribution in [3.63, 3.8) is 0 Å². The first-order chi connectivity index (χ1) is 12.0. The largest absolute Gasteiger partial charge is 0.309 e. The van der Waals surface area contributed by atoms with Crippen molar-refractivity contribution in [1.29, 1.82) is 0 Å². The van der Waals surface area contributed by atoms with Gasteiger partial charge >= 0.3 is 0 Å². The number of hydrogen-bond donors (Lipinski definition) is 1. The SMILES string of the molecule is CCC(=O)N1c2ccccc2C(N[C@H]2CC[C@H](C(C)C)CC2)CC1C. The molecule has 0 aromatic heterocycles. The zero-order valence-electron chi connectivity index (χ0n) is 16.3. The average molecular weight is 343 g/mol. The van der Waals surface area contributed by atoms with Crippen LogP contribution in [0.1, 0.15) is 77.8 Å². The van der Waals surface area contributed by atoms with Crippen LogP contribution < -0.4 is 10.2 Å². The molecule has 138 valence electrons. The number of fused-ring (bicyclic) bond motifs is 1. The number of nitrogens with one attached hydrogen (secondary N) is 1. The molecule has 2 unspecified atom stereocenters. The van der Waals surface area contributed by atoms with Crippen molar-refractivity contribution in [2.24, 2.45) is 11.8 Å². The van der Waals surface area contributed by atoms with E-state index < -0.39 is 0 Å². The highest BCUT2D eigenvalue weighted by Crippen LogP contribution is 2.39. The molecule has 0 radical (unpaired) electrons. The molecule has 1 heterocycles. The minimum Gasteiger partial charge on any atom is -0.309 e. The maximum absolute atomic E-state index is 12.4. The molecule has 1 saturated carbocycles. The number of carbonyl (C=O) groups is 1. The Morgan fingerprint density at radius 3 is 2.52 bits per heavy atom. The quantitative estimate of drug-likeness (QED) is 0.829. The van der Waals surface area contributed by atoms with Crippen LogP contribution >= 0.6 is 0 Å². The fraction of sp³-hybridized carbons (Fsp3) is 0.682. The standard InChI is InChI=1S/C22H34N2O/c1-5-22(25)24-16(4)14-20(19-8-6-7-9-21(19)24)23-18-12-10-17(11-13-18)15(2)3/h6-9,15-18,20,23H,5,10-14H2,1-4H3/t16?,17-,18-,20?. The second kappa shape index (κ2) is 7.90. The normalized spacial score (nSPS) is 29.6. The van der Waals surface area contributed by atoms with Crippen molar-refractivity contribution >= 4 is 11.6 Å². The molecule has 1 aliphatic heterocycles. The van der Waals surface area contributed by atoms with Gasteiger partial charge in [0.25, 0.3) is 0 Å². The van der Waals surface area contributed by atoms with E-state index in [0.29, 0.717) is 18.5 Å². The van der Waals surface area contributed by atoms with E-state index in [4.69, 9.17) is 0 Å². The lowest BCUT2D eigenvalue weighted by atomic mass is 9.79. The third kappa shape index (κ3) is 3.92. The zero-order valence-corrected chi connectivity index (χ0v) is 16.3. The fourth-order valence-electron chi connectivity index (χ4n) is 4.76. The van der Waals surface area contributed by atoms with Crippen LogP contribution in [0.5, 0.6) is 0 Å². The van der Waals surface area contributed by atoms with E-state index in [1.807, 2.05) is 11.8 Å². The molecule has 2 atom stereocenters. The minimum atomic E-state index is 0.232. The number of carbonyl (C=O) groups excluding carboxylic acids is 1. The first-order valence-corrected chi connectivity index (χ1v) is 10.2. The molecule has 25 heavy (non-hydrogen) atoms. The van der Waals surface area contributed by atoms with Crippen molar-refractivity contribution in [2.75, 3.05) is 4.90 Å². The van der Waals surface area contributed by atoms with E-state index in [2.05, 4.69) is 50.4 Å². The van der Waals surface area contributed by atoms with Gasteiger partial charge in [-0.2, -0.15) is 0 Å². The molecule has 1 aliphatic carbocycles. The Labute approximate surface area is 153 Å². The highest BCUT2D eigenvalue weighted by Gasteiger charge is 2.34. The van der Waals surface area contributed by atoms with Gasteiger partial charge in [-0.05, 0) is 62.5 Å². The molecule has 1 N–H and O–H groups in total. The summed E-state index contributed by atoms with van der Waals surface area (Å²) in [5.41, 5.74) is 2.41. The summed E-state index contributed by atoms with van der Waals surface area (Å²) in [6.07, 6.45) is 6.84. The molecule has 1 aromatic rings. The van der Waals surface area contributed by atoms with Crippen LogP contribution in [0.3, 0.4) is 0 Å². The van der Waals surface area contributed by atoms with Crippen LogP contribution in [0.15, 0.2) is 24.3 Å². The Morgan fingerprint density at radius 1 is 1.20 bits per heavy atom. The molecule has 0 saturated heterocycles. The van der Waals surface area contributed by atoms with E-state index >= 15 is 0 Å². The molecule has 3 nitrogen and oxygen atoms in total. The van der Waals surface area contributed by atoms with Gasteiger partial charge in [-0.25, -0.2) is 0 Å². The highest BCUT2D eigenvalue weighted by molar-refractivity contribution is 5.95. The molecule has 1 fully saturated rings. The van der Waals surface area contributed by atoms with Gasteiger partial charge in [0.1, 0.15) is 0 Å². The van der Waals surface area contributed by atoms with Crippen LogP contribution in [-0.4, -0.2) is 18.0 Å². The van der Waals surface area contributed by atoms with Crippen molar-refractivity contribution in [3.05, 3.63) is 29.8 Å². The number of nitrogens with zero attached hydrogens (tertiary/aromatic N) is 1. The zero-order chi connectivity index (χ0) is 18.0. The predicted octanol–water partition coefficient (Wildman–Crippen LogP) is 5.07. The Kier molecular flexibility index (Phi) is 5.83. The van der Waals surface area contributed by atoms with Crippen LogP contribution in [0.25, 0.3) is 0 Å². The van der Waals surface area contributed by atoms with Gasteiger partial charge in [-0.1, -0.05) is 39.0 Å². The Balaban J connectivity index is 1.74. The molecular formula is C22H34N2O. The van der Waals surface area contributed by atoms with E-state index in [9.17, 15) is 4.79 Å². The first kappa shape index (κ1) is 18.4. The summed E-state index contributed by atoms with van der Waals surface area (Å²) in [6.45, 7) is 8.86. The number of anilines is 1. The summed E-state index contributed by atoms with van der Waals surface area (Å²) in [5.74, 6) is 1.94. The van der Waals surface area contributed by atoms with Gasteiger partial charge < -0.3 is 10.2 Å². The molecule has 0 bridgehead atoms. The third-order valence-corrected chi connectivity index (χ3v) is 6.31. The number of hydrogen-bond acceptors (Lipinski definition) is 2. The van der Waals surface area contributed by atoms with E-state index in [1.165, 1.54) is 31.2 Å². The number of rotatable bonds is 4. The Morgan fingerprint density at radius 2 is 1.88 bits per heavy atom. The van der Waals surface area contributed by atoms with E-state index in [1.54, 1.807) is 0 Å². The van der Waals surface area contributed by atoms with Crippen molar-refractivity contribution in [3.8, 4) is 0 Å². The molecule has 2 aliphatic rings. The molecule has 0 spiro atoms. The summed E-state index contributed by atoms with van der Waals surface area (Å²) in [5, 5.41) is 3.94. The number of benzene rings is 1. The van der Waals surface area contributed by atoms with Crippen LogP contribution in [0.4, 0.5) is 5.69 Å². The maximum Gasteiger partial charge on any atom is 0.226 e. The molecule has 3 rings (SSSR count). The molecule has 1 amide bonds. The smallest absolute Gasteiger partial charge is 0.226 e. The van der Waals surface area contributed by atoms with Gasteiger partial charge in [0.2, 0.25) is 5.91 Å². The van der Waals surface area contributed by atoms with Crippen molar-refractivity contribution < 1.29 is 4.79 Å². The van der Waals surface area contributed by atoms with Crippen LogP contribution in [-0.2, 0) is 4.79 Å². The Hall–Kier alpha value is -1.35. The van der Waals surface area contributed by atoms with Crippen molar-refractivity contribution in [2.45, 2.75) is 84.3 Å². The second-order valence-electron chi connectivity index (χ2n) is 8.34. The fourth-order valence-corrected chi connectivity index (χ4v) is 4.76. The lowest BCUT2D eigenvalue weighted by Crippen LogP contribution is -2.47. The van der Waals surface area contributed by atoms with E-state index in [0.717, 1.165) is 23.9 Å². The summed E-state index contributed by atoms with van der Waals surface area (Å²) in [6, 6.07) is 9.72. The predicted molar refractivity (Wildman–Crippen MR) is 105 cm³/mol. The lowest BCUT2D eigenvalue weighted by Gasteiger charge is -2.42. The minimum absolute atomic E-state index is 0.232. The van der Waals surface area contributed by atoms with Crippen LogP contribution in [0.2, 0.25) is 0 Å². The van der Waals surface area contributed by atoms with Gasteiger partial charge in [0.05, 0.1) is 0 Å². The summed E-state index contributed by atoms with van der Waals surface area (Å²) in [4.78, 5) is 14.5. The Bertz CT molecular complexity index is 589. The average Bonchev–Trinajstić information content (AvgIpc) is 2.62. The van der Waals surface area contributed by atoms with Crippen molar-refractivity contribution in [1.82, 2.24) is 5.32 Å². The molecular weight excluding hydrogens is 308 g/mol. The summed E-state index contributed by atoms with van der Waals surface area (Å²) < 4.78 is 0.